The molecule has 1 aliphatic heterocycles. The van der Waals surface area contributed by atoms with E-state index in [2.05, 4.69) is 15.6 Å². The van der Waals surface area contributed by atoms with Crippen molar-refractivity contribution in [1.82, 2.24) is 25.4 Å². The number of carbonyl (C=O) groups is 3. The van der Waals surface area contributed by atoms with E-state index in [9.17, 15) is 14.4 Å². The molecule has 38 heavy (non-hydrogen) atoms. The van der Waals surface area contributed by atoms with Crippen molar-refractivity contribution in [2.24, 2.45) is 5.92 Å². The zero-order valence-electron chi connectivity index (χ0n) is 22.0. The number of carbonyl (C=O) groups excluding carboxylic acids is 3. The number of nitrogens with zero attached hydrogens (tertiary/aromatic N) is 2. The normalized spacial score (nSPS) is 18.9. The highest BCUT2D eigenvalue weighted by Gasteiger charge is 2.35. The number of H-pyrrole nitrogens is 1. The summed E-state index contributed by atoms with van der Waals surface area (Å²) < 4.78 is 0. The molecule has 3 N–H and O–H groups in total. The van der Waals surface area contributed by atoms with Crippen molar-refractivity contribution in [3.63, 3.8) is 0 Å². The summed E-state index contributed by atoms with van der Waals surface area (Å²) in [5.41, 5.74) is 3.07. The van der Waals surface area contributed by atoms with Gasteiger partial charge in [-0.25, -0.2) is 4.79 Å². The number of aromatic nitrogens is 1. The van der Waals surface area contributed by atoms with E-state index in [1.54, 1.807) is 9.80 Å². The highest BCUT2D eigenvalue weighted by Crippen LogP contribution is 2.26. The number of hydrogen-bond donors (Lipinski definition) is 3. The molecular formula is C30H37N5O3. The molecule has 0 bridgehead atoms. The molecule has 2 unspecified atom stereocenters. The third-order valence-electron chi connectivity index (χ3n) is 7.93. The predicted octanol–water partition coefficient (Wildman–Crippen LogP) is 3.83. The van der Waals surface area contributed by atoms with Gasteiger partial charge in [0.25, 0.3) is 0 Å². The van der Waals surface area contributed by atoms with Gasteiger partial charge in [0, 0.05) is 61.7 Å². The van der Waals surface area contributed by atoms with Crippen LogP contribution in [-0.4, -0.2) is 64.3 Å². The van der Waals surface area contributed by atoms with Gasteiger partial charge in [-0.3, -0.25) is 9.59 Å². The average molecular weight is 516 g/mol. The number of nitrogens with one attached hydrogen (secondary N) is 3. The fourth-order valence-corrected chi connectivity index (χ4v) is 5.75. The van der Waals surface area contributed by atoms with E-state index < -0.39 is 6.04 Å². The Kier molecular flexibility index (Phi) is 7.96. The second-order valence-electron chi connectivity index (χ2n) is 10.6. The second kappa shape index (κ2) is 11.7. The van der Waals surface area contributed by atoms with Gasteiger partial charge >= 0.3 is 6.03 Å². The van der Waals surface area contributed by atoms with Crippen LogP contribution in [0.3, 0.4) is 0 Å². The Morgan fingerprint density at radius 3 is 2.50 bits per heavy atom. The topological polar surface area (TPSA) is 97.5 Å². The third-order valence-corrected chi connectivity index (χ3v) is 7.93. The van der Waals surface area contributed by atoms with Gasteiger partial charge in [0.15, 0.2) is 0 Å². The summed E-state index contributed by atoms with van der Waals surface area (Å²) in [6, 6.07) is 16.9. The fraction of sp³-hybridized carbons (Fsp3) is 0.433. The molecule has 2 atom stereocenters. The second-order valence-corrected chi connectivity index (χ2v) is 10.6. The van der Waals surface area contributed by atoms with Crippen molar-refractivity contribution in [2.45, 2.75) is 57.7 Å². The van der Waals surface area contributed by atoms with E-state index >= 15 is 0 Å². The van der Waals surface area contributed by atoms with Gasteiger partial charge in [0.2, 0.25) is 11.8 Å². The number of benzene rings is 2. The molecule has 8 nitrogen and oxygen atoms in total. The van der Waals surface area contributed by atoms with Crippen LogP contribution in [0.2, 0.25) is 0 Å². The quantitative estimate of drug-likeness (QED) is 0.446. The molecule has 200 valence electrons. The summed E-state index contributed by atoms with van der Waals surface area (Å²) in [6.07, 6.45) is 6.24. The van der Waals surface area contributed by atoms with E-state index in [1.165, 1.54) is 0 Å². The van der Waals surface area contributed by atoms with Crippen molar-refractivity contribution >= 4 is 28.7 Å². The Morgan fingerprint density at radius 1 is 1.00 bits per heavy atom. The highest BCUT2D eigenvalue weighted by atomic mass is 16.2. The zero-order chi connectivity index (χ0) is 26.5. The van der Waals surface area contributed by atoms with Crippen LogP contribution in [0.25, 0.3) is 10.9 Å². The van der Waals surface area contributed by atoms with Gasteiger partial charge in [-0.1, -0.05) is 61.4 Å². The van der Waals surface area contributed by atoms with Crippen LogP contribution in [0.1, 0.15) is 43.7 Å². The van der Waals surface area contributed by atoms with Gasteiger partial charge in [0.1, 0.15) is 6.04 Å². The lowest BCUT2D eigenvalue weighted by Crippen LogP contribution is -2.60. The van der Waals surface area contributed by atoms with Crippen LogP contribution in [0.5, 0.6) is 0 Å². The van der Waals surface area contributed by atoms with Gasteiger partial charge in [-0.05, 0) is 37.0 Å². The molecule has 2 aromatic carbocycles. The maximum absolute atomic E-state index is 13.8. The minimum atomic E-state index is -0.645. The largest absolute Gasteiger partial charge is 0.361 e. The lowest BCUT2D eigenvalue weighted by atomic mass is 10.0. The molecule has 1 saturated carbocycles. The van der Waals surface area contributed by atoms with E-state index in [0.29, 0.717) is 32.6 Å². The Balaban J connectivity index is 1.25. The smallest absolute Gasteiger partial charge is 0.318 e. The third kappa shape index (κ3) is 5.85. The van der Waals surface area contributed by atoms with E-state index in [1.807, 2.05) is 67.7 Å². The van der Waals surface area contributed by atoms with E-state index in [0.717, 1.165) is 47.7 Å². The number of urea groups is 1. The molecular weight excluding hydrogens is 478 g/mol. The molecule has 1 aromatic heterocycles. The van der Waals surface area contributed by atoms with Crippen molar-refractivity contribution in [3.05, 3.63) is 71.9 Å². The number of piperazine rings is 1. The molecule has 5 rings (SSSR count). The van der Waals surface area contributed by atoms with Gasteiger partial charge in [-0.2, -0.15) is 0 Å². The van der Waals surface area contributed by atoms with Crippen LogP contribution in [0.15, 0.2) is 60.8 Å². The lowest BCUT2D eigenvalue weighted by molar-refractivity contribution is -0.139. The summed E-state index contributed by atoms with van der Waals surface area (Å²) in [6.45, 7) is 3.75. The number of para-hydroxylation sites is 1. The van der Waals surface area contributed by atoms with Crippen LogP contribution < -0.4 is 10.6 Å². The number of rotatable bonds is 7. The molecule has 4 amide bonds. The molecule has 0 radical (unpaired) electrons. The minimum absolute atomic E-state index is 0.0163. The van der Waals surface area contributed by atoms with Gasteiger partial charge in [0.05, 0.1) is 0 Å². The first-order valence-corrected chi connectivity index (χ1v) is 13.7. The van der Waals surface area contributed by atoms with Crippen LogP contribution in [0, 0.1) is 5.92 Å². The number of amides is 4. The summed E-state index contributed by atoms with van der Waals surface area (Å²) in [7, 11) is 0. The summed E-state index contributed by atoms with van der Waals surface area (Å²) >= 11 is 0. The number of aromatic amines is 1. The minimum Gasteiger partial charge on any atom is -0.361 e. The van der Waals surface area contributed by atoms with E-state index in [-0.39, 0.29) is 29.8 Å². The molecule has 8 heteroatoms. The maximum Gasteiger partial charge on any atom is 0.318 e. The molecule has 2 aliphatic rings. The van der Waals surface area contributed by atoms with Gasteiger partial charge in [-0.15, -0.1) is 0 Å². The Labute approximate surface area is 223 Å². The summed E-state index contributed by atoms with van der Waals surface area (Å²) in [4.78, 5) is 46.7. The average Bonchev–Trinajstić information content (AvgIpc) is 3.62. The van der Waals surface area contributed by atoms with Crippen molar-refractivity contribution in [2.75, 3.05) is 19.6 Å². The Hall–Kier alpha value is -3.81. The maximum atomic E-state index is 13.8. The first kappa shape index (κ1) is 25.8. The number of hydrogen-bond acceptors (Lipinski definition) is 3. The Morgan fingerprint density at radius 2 is 1.74 bits per heavy atom. The van der Waals surface area contributed by atoms with Crippen LogP contribution in [0.4, 0.5) is 4.79 Å². The molecule has 3 aromatic rings. The first-order chi connectivity index (χ1) is 18.5. The summed E-state index contributed by atoms with van der Waals surface area (Å²) in [5, 5.41) is 7.17. The first-order valence-electron chi connectivity index (χ1n) is 13.7. The fourth-order valence-electron chi connectivity index (χ4n) is 5.75. The predicted molar refractivity (Wildman–Crippen MR) is 147 cm³/mol. The lowest BCUT2D eigenvalue weighted by Gasteiger charge is -2.41. The molecule has 2 heterocycles. The summed E-state index contributed by atoms with van der Waals surface area (Å²) in [5.74, 6) is -0.122. The van der Waals surface area contributed by atoms with Gasteiger partial charge < -0.3 is 25.4 Å². The van der Waals surface area contributed by atoms with Crippen molar-refractivity contribution in [3.8, 4) is 0 Å². The van der Waals surface area contributed by atoms with Crippen LogP contribution >= 0.6 is 0 Å². The molecule has 1 aliphatic carbocycles. The number of fused-ring (bicyclic) bond motifs is 1. The zero-order valence-corrected chi connectivity index (χ0v) is 22.0. The van der Waals surface area contributed by atoms with Crippen molar-refractivity contribution in [1.29, 1.82) is 0 Å². The Bertz CT molecular complexity index is 1270. The highest BCUT2D eigenvalue weighted by molar-refractivity contribution is 5.90. The molecule has 1 saturated heterocycles. The standard InChI is InChI=1S/C30H37N5O3/c1-21-20-34(15-16-35(21)30(38)32-18-22-9-3-2-4-10-22)29(37)27(33-28(36)23-11-5-6-12-23)17-24-19-31-26-14-8-7-13-25(24)26/h2-4,7-10,13-14,19,21,23,27,31H,5-6,11-12,15-18,20H2,1H3,(H,32,38)(H,33,36). The van der Waals surface area contributed by atoms with Crippen LogP contribution in [-0.2, 0) is 22.6 Å². The van der Waals surface area contributed by atoms with E-state index in [4.69, 9.17) is 0 Å². The SMILES string of the molecule is CC1CN(C(=O)C(Cc2c[nH]c3ccccc23)NC(=O)C2CCCC2)CCN1C(=O)NCc1ccccc1. The molecule has 0 spiro atoms. The van der Waals surface area contributed by atoms with Crippen molar-refractivity contribution < 1.29 is 14.4 Å². The molecule has 2 fully saturated rings. The monoisotopic (exact) mass is 515 g/mol.